The van der Waals surface area contributed by atoms with Crippen LogP contribution in [0.3, 0.4) is 0 Å². The fourth-order valence-electron chi connectivity index (χ4n) is 2.91. The Morgan fingerprint density at radius 1 is 0.677 bits per heavy atom. The molecule has 0 fully saturated rings. The van der Waals surface area contributed by atoms with E-state index in [2.05, 4.69) is 20.9 Å². The molecule has 2 heterocycles. The van der Waals surface area contributed by atoms with Crippen molar-refractivity contribution in [1.29, 1.82) is 10.5 Å². The van der Waals surface area contributed by atoms with E-state index >= 15 is 0 Å². The number of thioether (sulfide) groups is 2. The molecule has 0 bridgehead atoms. The van der Waals surface area contributed by atoms with Crippen LogP contribution >= 0.6 is 46.6 Å². The summed E-state index contributed by atoms with van der Waals surface area (Å²) >= 11 is 5.98. The third-order valence-corrected chi connectivity index (χ3v) is 8.53. The van der Waals surface area contributed by atoms with Gasteiger partial charge in [0.15, 0.2) is 0 Å². The Morgan fingerprint density at radius 3 is 1.48 bits per heavy atom. The molecule has 0 aliphatic carbocycles. The van der Waals surface area contributed by atoms with Gasteiger partial charge >= 0.3 is 0 Å². The van der Waals surface area contributed by atoms with Gasteiger partial charge in [0.05, 0.1) is 9.75 Å². The predicted octanol–water partition coefficient (Wildman–Crippen LogP) is 6.95. The third-order valence-electron chi connectivity index (χ3n) is 4.38. The normalized spacial score (nSPS) is 10.5. The lowest BCUT2D eigenvalue weighted by Crippen LogP contribution is -1.88. The van der Waals surface area contributed by atoms with Gasteiger partial charge in [0.25, 0.3) is 0 Å². The minimum absolute atomic E-state index is 0.660. The maximum Gasteiger partial charge on any atom is 0.128 e. The van der Waals surface area contributed by atoms with Gasteiger partial charge in [-0.1, -0.05) is 60.7 Å². The van der Waals surface area contributed by atoms with Crippen molar-refractivity contribution in [3.8, 4) is 33.0 Å². The zero-order chi connectivity index (χ0) is 21.5. The van der Waals surface area contributed by atoms with E-state index in [0.717, 1.165) is 48.9 Å². The first-order valence-electron chi connectivity index (χ1n) is 9.47. The third kappa shape index (κ3) is 5.00. The number of nitriles is 2. The lowest BCUT2D eigenvalue weighted by molar-refractivity contribution is 1.10. The summed E-state index contributed by atoms with van der Waals surface area (Å²) in [4.78, 5) is 1.85. The molecule has 0 aliphatic heterocycles. The van der Waals surface area contributed by atoms with Gasteiger partial charge in [0, 0.05) is 11.5 Å². The van der Waals surface area contributed by atoms with Crippen LogP contribution in [0.1, 0.15) is 17.5 Å². The van der Waals surface area contributed by atoms with Gasteiger partial charge in [-0.25, -0.2) is 0 Å². The van der Waals surface area contributed by atoms with E-state index in [1.165, 1.54) is 23.1 Å². The van der Waals surface area contributed by atoms with E-state index in [0.29, 0.717) is 11.1 Å². The Morgan fingerprint density at radius 2 is 1.10 bits per heavy atom. The second kappa shape index (κ2) is 10.6. The van der Waals surface area contributed by atoms with Crippen molar-refractivity contribution in [2.75, 3.05) is 11.5 Å². The first-order valence-corrected chi connectivity index (χ1v) is 13.0. The largest absolute Gasteiger partial charge is 0.192 e. The summed E-state index contributed by atoms with van der Waals surface area (Å²) in [5.74, 6) is 1.72. The lowest BCUT2D eigenvalue weighted by atomic mass is 10.1. The monoisotopic (exact) mass is 476 g/mol. The van der Waals surface area contributed by atoms with Crippen molar-refractivity contribution in [1.82, 2.24) is 8.75 Å². The first kappa shape index (κ1) is 21.6. The summed E-state index contributed by atoms with van der Waals surface area (Å²) in [7, 11) is 0. The van der Waals surface area contributed by atoms with Gasteiger partial charge in [0.2, 0.25) is 0 Å². The maximum absolute atomic E-state index is 9.62. The fraction of sp³-hybridized carbons (Fsp3) is 0.130. The molecule has 31 heavy (non-hydrogen) atoms. The number of aromatic nitrogens is 2. The molecule has 0 atom stereocenters. The quantitative estimate of drug-likeness (QED) is 0.202. The molecule has 0 aliphatic rings. The highest BCUT2D eigenvalue weighted by atomic mass is 32.2. The Bertz CT molecular complexity index is 1140. The van der Waals surface area contributed by atoms with Crippen molar-refractivity contribution in [3.63, 3.8) is 0 Å². The highest BCUT2D eigenvalue weighted by Gasteiger charge is 2.17. The molecule has 4 nitrogen and oxygen atoms in total. The van der Waals surface area contributed by atoms with Gasteiger partial charge < -0.3 is 0 Å². The minimum Gasteiger partial charge on any atom is -0.192 e. The van der Waals surface area contributed by atoms with Crippen LogP contribution in [0.15, 0.2) is 70.7 Å². The van der Waals surface area contributed by atoms with Crippen LogP contribution in [0.2, 0.25) is 0 Å². The number of rotatable bonds is 8. The Balaban J connectivity index is 1.34. The van der Waals surface area contributed by atoms with Crippen LogP contribution in [0.4, 0.5) is 0 Å². The van der Waals surface area contributed by atoms with E-state index in [-0.39, 0.29) is 0 Å². The summed E-state index contributed by atoms with van der Waals surface area (Å²) in [6.45, 7) is 0. The number of nitrogens with zero attached hydrogens (tertiary/aromatic N) is 4. The molecule has 8 heteroatoms. The summed E-state index contributed by atoms with van der Waals surface area (Å²) in [6, 6.07) is 24.5. The molecule has 0 saturated carbocycles. The van der Waals surface area contributed by atoms with Gasteiger partial charge in [-0.05, 0) is 40.6 Å². The van der Waals surface area contributed by atoms with Crippen molar-refractivity contribution in [2.24, 2.45) is 0 Å². The zero-order valence-electron chi connectivity index (χ0n) is 16.3. The van der Waals surface area contributed by atoms with Crippen LogP contribution in [0.5, 0.6) is 0 Å². The first-order chi connectivity index (χ1) is 15.3. The predicted molar refractivity (Wildman–Crippen MR) is 131 cm³/mol. The molecule has 0 spiro atoms. The zero-order valence-corrected chi connectivity index (χ0v) is 19.6. The highest BCUT2D eigenvalue weighted by Crippen LogP contribution is 2.36. The molecule has 2 aromatic heterocycles. The molecule has 2 aromatic carbocycles. The fourth-order valence-corrected chi connectivity index (χ4v) is 6.90. The summed E-state index contributed by atoms with van der Waals surface area (Å²) in [5, 5.41) is 20.8. The molecule has 4 rings (SSSR count). The van der Waals surface area contributed by atoms with E-state index in [1.54, 1.807) is 23.5 Å². The molecule has 0 radical (unpaired) electrons. The molecule has 0 saturated heterocycles. The SMILES string of the molecule is N#Cc1c(SCCCSc2nsc(-c3ccccc3)c2C#N)nsc1-c1ccccc1. The molecule has 0 amide bonds. The van der Waals surface area contributed by atoms with Crippen LogP contribution in [-0.2, 0) is 0 Å². The Hall–Kier alpha value is -2.62. The lowest BCUT2D eigenvalue weighted by Gasteiger charge is -2.01. The number of hydrogen-bond acceptors (Lipinski definition) is 8. The summed E-state index contributed by atoms with van der Waals surface area (Å²) in [6.07, 6.45) is 0.932. The van der Waals surface area contributed by atoms with E-state index < -0.39 is 0 Å². The molecule has 0 N–H and O–H groups in total. The summed E-state index contributed by atoms with van der Waals surface area (Å²) < 4.78 is 9.01. The van der Waals surface area contributed by atoms with Crippen molar-refractivity contribution < 1.29 is 0 Å². The average Bonchev–Trinajstić information content (AvgIpc) is 3.43. The van der Waals surface area contributed by atoms with Gasteiger partial charge in [0.1, 0.15) is 33.3 Å². The van der Waals surface area contributed by atoms with Crippen LogP contribution < -0.4 is 0 Å². The number of hydrogen-bond donors (Lipinski definition) is 0. The van der Waals surface area contributed by atoms with Gasteiger partial charge in [-0.15, -0.1) is 23.5 Å². The second-order valence-electron chi connectivity index (χ2n) is 6.39. The maximum atomic E-state index is 9.62. The molecule has 4 aromatic rings. The minimum atomic E-state index is 0.660. The van der Waals surface area contributed by atoms with Crippen LogP contribution in [0.25, 0.3) is 20.9 Å². The van der Waals surface area contributed by atoms with Crippen LogP contribution in [0, 0.1) is 22.7 Å². The van der Waals surface area contributed by atoms with Crippen molar-refractivity contribution in [3.05, 3.63) is 71.8 Å². The second-order valence-corrected chi connectivity index (χ2v) is 10.1. The smallest absolute Gasteiger partial charge is 0.128 e. The van der Waals surface area contributed by atoms with Crippen LogP contribution in [-0.4, -0.2) is 20.3 Å². The number of benzene rings is 2. The molecule has 0 unspecified atom stereocenters. The van der Waals surface area contributed by atoms with Gasteiger partial charge in [-0.3, -0.25) is 0 Å². The molecular weight excluding hydrogens is 461 g/mol. The standard InChI is InChI=1S/C23H16N4S4/c24-14-18-20(16-8-3-1-4-9-16)30-26-22(18)28-12-7-13-29-23-19(15-25)21(31-27-23)17-10-5-2-6-11-17/h1-6,8-11H,7,12-13H2. The highest BCUT2D eigenvalue weighted by molar-refractivity contribution is 8.00. The molecule has 152 valence electrons. The van der Waals surface area contributed by atoms with Crippen molar-refractivity contribution in [2.45, 2.75) is 16.5 Å². The average molecular weight is 477 g/mol. The van der Waals surface area contributed by atoms with Crippen molar-refractivity contribution >= 4 is 46.6 Å². The Kier molecular flexibility index (Phi) is 7.39. The van der Waals surface area contributed by atoms with Gasteiger partial charge in [-0.2, -0.15) is 19.3 Å². The topological polar surface area (TPSA) is 73.4 Å². The van der Waals surface area contributed by atoms with E-state index in [9.17, 15) is 10.5 Å². The Labute approximate surface area is 197 Å². The molecular formula is C23H16N4S4. The van der Waals surface area contributed by atoms with E-state index in [4.69, 9.17) is 0 Å². The van der Waals surface area contributed by atoms with E-state index in [1.807, 2.05) is 60.7 Å². The summed E-state index contributed by atoms with van der Waals surface area (Å²) in [5.41, 5.74) is 3.38.